The van der Waals surface area contributed by atoms with Crippen LogP contribution in [0.25, 0.3) is 0 Å². The molecule has 8 nitrogen and oxygen atoms in total. The van der Waals surface area contributed by atoms with Crippen LogP contribution in [0.2, 0.25) is 0 Å². The molecule has 0 spiro atoms. The van der Waals surface area contributed by atoms with Crippen molar-refractivity contribution in [2.75, 3.05) is 13.1 Å². The highest BCUT2D eigenvalue weighted by molar-refractivity contribution is 7.89. The molecule has 4 rings (SSSR count). The summed E-state index contributed by atoms with van der Waals surface area (Å²) in [6.45, 7) is 3.04. The Kier molecular flexibility index (Phi) is 5.58. The van der Waals surface area contributed by atoms with Crippen molar-refractivity contribution in [3.63, 3.8) is 0 Å². The molecule has 0 bridgehead atoms. The van der Waals surface area contributed by atoms with Gasteiger partial charge in [0.15, 0.2) is 10.6 Å². The zero-order valence-corrected chi connectivity index (χ0v) is 18.0. The molecule has 10 heteroatoms. The number of carbonyl (C=O) groups excluding carboxylic acids is 1. The summed E-state index contributed by atoms with van der Waals surface area (Å²) in [5, 5.41) is 9.81. The van der Waals surface area contributed by atoms with E-state index in [1.165, 1.54) is 10.4 Å². The summed E-state index contributed by atoms with van der Waals surface area (Å²) < 4.78 is 30.1. The number of nitrogens with one attached hydrogen (secondary N) is 2. The van der Waals surface area contributed by atoms with Crippen molar-refractivity contribution in [3.8, 4) is 0 Å². The van der Waals surface area contributed by atoms with Gasteiger partial charge in [0.1, 0.15) is 0 Å². The number of aromatic nitrogens is 3. The van der Waals surface area contributed by atoms with Crippen LogP contribution in [0.4, 0.5) is 0 Å². The third-order valence-electron chi connectivity index (χ3n) is 5.48. The van der Waals surface area contributed by atoms with Crippen LogP contribution in [0.3, 0.4) is 0 Å². The Morgan fingerprint density at radius 2 is 2.00 bits per heavy atom. The first-order valence-corrected chi connectivity index (χ1v) is 11.8. The van der Waals surface area contributed by atoms with Gasteiger partial charge in [0, 0.05) is 24.7 Å². The van der Waals surface area contributed by atoms with E-state index in [0.717, 1.165) is 32.1 Å². The molecule has 1 amide bonds. The highest BCUT2D eigenvalue weighted by Gasteiger charge is 2.29. The van der Waals surface area contributed by atoms with E-state index in [2.05, 4.69) is 15.5 Å². The SMILES string of the molecule is Cc1ccc(C(=O)NCc2n[nH]c(=S)n2C2CC2)cc1S(=O)(=O)N1CCCCC1. The molecule has 2 fully saturated rings. The number of piperidine rings is 1. The largest absolute Gasteiger partial charge is 0.345 e. The van der Waals surface area contributed by atoms with Crippen molar-refractivity contribution < 1.29 is 13.2 Å². The fourth-order valence-corrected chi connectivity index (χ4v) is 5.76. The van der Waals surface area contributed by atoms with E-state index < -0.39 is 10.0 Å². The molecule has 0 radical (unpaired) electrons. The Labute approximate surface area is 175 Å². The predicted octanol–water partition coefficient (Wildman–Crippen LogP) is 2.69. The fourth-order valence-electron chi connectivity index (χ4n) is 3.70. The second-order valence-electron chi connectivity index (χ2n) is 7.67. The van der Waals surface area contributed by atoms with E-state index in [1.807, 2.05) is 4.57 Å². The summed E-state index contributed by atoms with van der Waals surface area (Å²) >= 11 is 5.26. The normalized spacial score (nSPS) is 18.0. The highest BCUT2D eigenvalue weighted by atomic mass is 32.2. The Morgan fingerprint density at radius 3 is 2.69 bits per heavy atom. The zero-order chi connectivity index (χ0) is 20.6. The van der Waals surface area contributed by atoms with Gasteiger partial charge in [0.2, 0.25) is 10.0 Å². The molecule has 1 aromatic heterocycles. The summed E-state index contributed by atoms with van der Waals surface area (Å²) in [7, 11) is -3.60. The van der Waals surface area contributed by atoms with Crippen LogP contribution in [0, 0.1) is 11.7 Å². The maximum atomic E-state index is 13.1. The maximum absolute atomic E-state index is 13.1. The van der Waals surface area contributed by atoms with Crippen LogP contribution in [0.1, 0.15) is 59.9 Å². The van der Waals surface area contributed by atoms with Gasteiger partial charge in [-0.3, -0.25) is 14.5 Å². The van der Waals surface area contributed by atoms with Gasteiger partial charge < -0.3 is 5.32 Å². The minimum atomic E-state index is -3.60. The quantitative estimate of drug-likeness (QED) is 0.680. The average Bonchev–Trinajstić information content (AvgIpc) is 3.49. The second-order valence-corrected chi connectivity index (χ2v) is 9.97. The molecule has 2 heterocycles. The zero-order valence-electron chi connectivity index (χ0n) is 16.3. The number of aryl methyl sites for hydroxylation is 1. The summed E-state index contributed by atoms with van der Waals surface area (Å²) in [5.41, 5.74) is 0.958. The van der Waals surface area contributed by atoms with Gasteiger partial charge in [0.25, 0.3) is 5.91 Å². The van der Waals surface area contributed by atoms with Gasteiger partial charge >= 0.3 is 0 Å². The van der Waals surface area contributed by atoms with Gasteiger partial charge in [-0.2, -0.15) is 9.40 Å². The van der Waals surface area contributed by atoms with Crippen LogP contribution in [0.5, 0.6) is 0 Å². The third-order valence-corrected chi connectivity index (χ3v) is 7.81. The average molecular weight is 436 g/mol. The van der Waals surface area contributed by atoms with Crippen molar-refractivity contribution >= 4 is 28.1 Å². The minimum absolute atomic E-state index is 0.202. The molecule has 0 unspecified atom stereocenters. The lowest BCUT2D eigenvalue weighted by Gasteiger charge is -2.26. The summed E-state index contributed by atoms with van der Waals surface area (Å²) in [5.74, 6) is 0.343. The van der Waals surface area contributed by atoms with E-state index in [0.29, 0.717) is 40.9 Å². The molecule has 1 aliphatic carbocycles. The van der Waals surface area contributed by atoms with Crippen LogP contribution in [-0.2, 0) is 16.6 Å². The van der Waals surface area contributed by atoms with Crippen molar-refractivity contribution in [2.45, 2.75) is 56.5 Å². The lowest BCUT2D eigenvalue weighted by Crippen LogP contribution is -2.36. The summed E-state index contributed by atoms with van der Waals surface area (Å²) in [4.78, 5) is 12.9. The Balaban J connectivity index is 1.52. The molecule has 1 saturated carbocycles. The number of hydrogen-bond acceptors (Lipinski definition) is 5. The van der Waals surface area contributed by atoms with Crippen molar-refractivity contribution in [1.82, 2.24) is 24.4 Å². The number of rotatable bonds is 6. The fraction of sp³-hybridized carbons (Fsp3) is 0.526. The molecule has 2 N–H and O–H groups in total. The number of aromatic amines is 1. The number of benzene rings is 1. The van der Waals surface area contributed by atoms with Crippen LogP contribution in [0.15, 0.2) is 23.1 Å². The molecule has 2 aromatic rings. The molecule has 0 atom stereocenters. The molecular formula is C19H25N5O3S2. The van der Waals surface area contributed by atoms with E-state index in [4.69, 9.17) is 12.2 Å². The lowest BCUT2D eigenvalue weighted by atomic mass is 10.1. The molecule has 29 heavy (non-hydrogen) atoms. The monoisotopic (exact) mass is 435 g/mol. The number of amides is 1. The first kappa shape index (κ1) is 20.2. The molecular weight excluding hydrogens is 410 g/mol. The van der Waals surface area contributed by atoms with E-state index >= 15 is 0 Å². The van der Waals surface area contributed by atoms with Gasteiger partial charge in [-0.05, 0) is 62.5 Å². The number of H-pyrrole nitrogens is 1. The van der Waals surface area contributed by atoms with E-state index in [-0.39, 0.29) is 17.3 Å². The number of sulfonamides is 1. The van der Waals surface area contributed by atoms with E-state index in [1.54, 1.807) is 19.1 Å². The standard InChI is InChI=1S/C19H25N5O3S2/c1-13-5-6-14(11-16(13)29(26,27)23-9-3-2-4-10-23)18(25)20-12-17-21-22-19(28)24(17)15-7-8-15/h5-6,11,15H,2-4,7-10,12H2,1H3,(H,20,25)(H,22,28). The predicted molar refractivity (Wildman–Crippen MR) is 111 cm³/mol. The molecule has 156 valence electrons. The molecule has 2 aliphatic rings. The van der Waals surface area contributed by atoms with Gasteiger partial charge in [-0.25, -0.2) is 8.42 Å². The highest BCUT2D eigenvalue weighted by Crippen LogP contribution is 2.35. The van der Waals surface area contributed by atoms with Crippen molar-refractivity contribution in [1.29, 1.82) is 0 Å². The summed E-state index contributed by atoms with van der Waals surface area (Å²) in [6.07, 6.45) is 4.91. The Bertz CT molecular complexity index is 1080. The number of nitrogens with zero attached hydrogens (tertiary/aromatic N) is 3. The minimum Gasteiger partial charge on any atom is -0.345 e. The molecule has 1 aromatic carbocycles. The first-order valence-electron chi connectivity index (χ1n) is 9.92. The topological polar surface area (TPSA) is 100 Å². The Hall–Kier alpha value is -2.04. The van der Waals surface area contributed by atoms with E-state index in [9.17, 15) is 13.2 Å². The molecule has 1 aliphatic heterocycles. The number of hydrogen-bond donors (Lipinski definition) is 2. The van der Waals surface area contributed by atoms with Crippen LogP contribution in [-0.4, -0.2) is 46.5 Å². The molecule has 1 saturated heterocycles. The third kappa shape index (κ3) is 4.15. The van der Waals surface area contributed by atoms with Crippen molar-refractivity contribution in [2.24, 2.45) is 0 Å². The first-order chi connectivity index (χ1) is 13.9. The van der Waals surface area contributed by atoms with Gasteiger partial charge in [-0.15, -0.1) is 0 Å². The van der Waals surface area contributed by atoms with Crippen LogP contribution >= 0.6 is 12.2 Å². The van der Waals surface area contributed by atoms with Gasteiger partial charge in [-0.1, -0.05) is 12.5 Å². The lowest BCUT2D eigenvalue weighted by molar-refractivity contribution is 0.0949. The van der Waals surface area contributed by atoms with Crippen LogP contribution < -0.4 is 5.32 Å². The smallest absolute Gasteiger partial charge is 0.251 e. The number of carbonyl (C=O) groups is 1. The summed E-state index contributed by atoms with van der Waals surface area (Å²) in [6, 6.07) is 5.17. The second kappa shape index (κ2) is 8.00. The van der Waals surface area contributed by atoms with Gasteiger partial charge in [0.05, 0.1) is 11.4 Å². The Morgan fingerprint density at radius 1 is 1.28 bits per heavy atom. The van der Waals surface area contributed by atoms with Crippen molar-refractivity contribution in [3.05, 3.63) is 39.9 Å². The maximum Gasteiger partial charge on any atom is 0.251 e.